The zero-order chi connectivity index (χ0) is 36.3. The highest BCUT2D eigenvalue weighted by molar-refractivity contribution is 6.17. The molecule has 256 valence electrons. The average molecular weight is 701 g/mol. The first kappa shape index (κ1) is 31.1. The SMILES string of the molecule is c1ccc(-c2ccc3c(c2)N(c2ccccc2)c2ccc(-c4nc(-c5ccc6ccccc6c5)nc(-c5ccc6ccccc6c5)n4)c4cccc-3c24)cc1. The highest BCUT2D eigenvalue weighted by Crippen LogP contribution is 2.53. The summed E-state index contributed by atoms with van der Waals surface area (Å²) in [5, 5.41) is 6.91. The van der Waals surface area contributed by atoms with Crippen molar-refractivity contribution in [2.75, 3.05) is 4.90 Å². The number of aromatic nitrogens is 3. The van der Waals surface area contributed by atoms with Gasteiger partial charge in [-0.2, -0.15) is 0 Å². The Labute approximate surface area is 318 Å². The van der Waals surface area contributed by atoms with Crippen LogP contribution in [0.25, 0.3) is 88.7 Å². The van der Waals surface area contributed by atoms with Crippen LogP contribution in [0.2, 0.25) is 0 Å². The van der Waals surface area contributed by atoms with Crippen molar-refractivity contribution >= 4 is 49.4 Å². The van der Waals surface area contributed by atoms with Gasteiger partial charge in [-0.1, -0.05) is 152 Å². The van der Waals surface area contributed by atoms with Crippen LogP contribution in [-0.2, 0) is 0 Å². The number of benzene rings is 9. The van der Waals surface area contributed by atoms with Crippen LogP contribution in [0.15, 0.2) is 194 Å². The molecule has 0 fully saturated rings. The molecule has 1 aliphatic rings. The van der Waals surface area contributed by atoms with Gasteiger partial charge in [0.05, 0.1) is 11.4 Å². The summed E-state index contributed by atoms with van der Waals surface area (Å²) in [5.41, 5.74) is 11.0. The van der Waals surface area contributed by atoms with Crippen molar-refractivity contribution in [1.29, 1.82) is 0 Å². The maximum absolute atomic E-state index is 5.25. The maximum atomic E-state index is 5.25. The molecule has 10 aromatic rings. The molecule has 55 heavy (non-hydrogen) atoms. The first-order chi connectivity index (χ1) is 27.2. The zero-order valence-corrected chi connectivity index (χ0v) is 29.8. The Morgan fingerprint density at radius 2 is 0.873 bits per heavy atom. The van der Waals surface area contributed by atoms with Crippen molar-refractivity contribution in [2.45, 2.75) is 0 Å². The molecule has 2 heterocycles. The van der Waals surface area contributed by atoms with Gasteiger partial charge in [-0.25, -0.2) is 15.0 Å². The lowest BCUT2D eigenvalue weighted by molar-refractivity contribution is 1.08. The van der Waals surface area contributed by atoms with Gasteiger partial charge in [0.1, 0.15) is 0 Å². The minimum Gasteiger partial charge on any atom is -0.309 e. The Morgan fingerprint density at radius 1 is 0.309 bits per heavy atom. The van der Waals surface area contributed by atoms with Gasteiger partial charge in [0.25, 0.3) is 0 Å². The molecule has 1 aliphatic heterocycles. The van der Waals surface area contributed by atoms with Crippen molar-refractivity contribution in [1.82, 2.24) is 15.0 Å². The summed E-state index contributed by atoms with van der Waals surface area (Å²) in [6, 6.07) is 68.8. The molecule has 0 N–H and O–H groups in total. The van der Waals surface area contributed by atoms with Crippen molar-refractivity contribution in [2.24, 2.45) is 0 Å². The summed E-state index contributed by atoms with van der Waals surface area (Å²) >= 11 is 0. The molecular weight excluding hydrogens is 669 g/mol. The van der Waals surface area contributed by atoms with Crippen molar-refractivity contribution in [3.05, 3.63) is 194 Å². The van der Waals surface area contributed by atoms with E-state index in [2.05, 4.69) is 199 Å². The summed E-state index contributed by atoms with van der Waals surface area (Å²) in [7, 11) is 0. The second kappa shape index (κ2) is 12.6. The average Bonchev–Trinajstić information content (AvgIpc) is 3.26. The molecule has 0 spiro atoms. The molecule has 0 saturated carbocycles. The van der Waals surface area contributed by atoms with Crippen LogP contribution in [0.5, 0.6) is 0 Å². The van der Waals surface area contributed by atoms with Gasteiger partial charge in [-0.15, -0.1) is 0 Å². The van der Waals surface area contributed by atoms with Crippen molar-refractivity contribution in [3.63, 3.8) is 0 Å². The maximum Gasteiger partial charge on any atom is 0.164 e. The van der Waals surface area contributed by atoms with E-state index in [9.17, 15) is 0 Å². The Kier molecular flexibility index (Phi) is 7.14. The summed E-state index contributed by atoms with van der Waals surface area (Å²) < 4.78 is 0. The number of hydrogen-bond donors (Lipinski definition) is 0. The number of hydrogen-bond acceptors (Lipinski definition) is 4. The first-order valence-corrected chi connectivity index (χ1v) is 18.6. The lowest BCUT2D eigenvalue weighted by Crippen LogP contribution is -2.15. The van der Waals surface area contributed by atoms with E-state index in [0.717, 1.165) is 49.9 Å². The molecule has 0 bridgehead atoms. The molecule has 0 aliphatic carbocycles. The Bertz CT molecular complexity index is 3000. The Morgan fingerprint density at radius 3 is 1.55 bits per heavy atom. The minimum atomic E-state index is 0.640. The lowest BCUT2D eigenvalue weighted by Gasteiger charge is -2.34. The number of anilines is 3. The summed E-state index contributed by atoms with van der Waals surface area (Å²) in [6.45, 7) is 0. The van der Waals surface area contributed by atoms with E-state index in [1.54, 1.807) is 0 Å². The highest BCUT2D eigenvalue weighted by Gasteiger charge is 2.28. The molecule has 0 radical (unpaired) electrons. The first-order valence-electron chi connectivity index (χ1n) is 18.6. The monoisotopic (exact) mass is 700 g/mol. The second-order valence-electron chi connectivity index (χ2n) is 14.1. The standard InChI is InChI=1S/C51H32N4/c1-3-12-33(13-4-1)38-26-27-42-43-20-11-21-44-45(28-29-46(48(43)44)55(47(42)32-38)41-18-5-2-6-19-41)51-53-49(39-24-22-34-14-7-9-16-36(34)30-39)52-50(54-51)40-25-23-35-15-8-10-17-37(35)31-40/h1-32H. The fourth-order valence-electron chi connectivity index (χ4n) is 8.14. The number of para-hydroxylation sites is 1. The molecule has 0 saturated heterocycles. The minimum absolute atomic E-state index is 0.640. The van der Waals surface area contributed by atoms with Crippen LogP contribution >= 0.6 is 0 Å². The largest absolute Gasteiger partial charge is 0.309 e. The smallest absolute Gasteiger partial charge is 0.164 e. The van der Waals surface area contributed by atoms with Crippen LogP contribution in [0.1, 0.15) is 0 Å². The fraction of sp³-hybridized carbons (Fsp3) is 0. The summed E-state index contributed by atoms with van der Waals surface area (Å²) in [4.78, 5) is 18.0. The Balaban J connectivity index is 1.15. The molecule has 9 aromatic carbocycles. The third-order valence-electron chi connectivity index (χ3n) is 10.8. The topological polar surface area (TPSA) is 41.9 Å². The molecule has 0 unspecified atom stereocenters. The predicted octanol–water partition coefficient (Wildman–Crippen LogP) is 13.4. The van der Waals surface area contributed by atoms with Gasteiger partial charge in [-0.05, 0) is 86.1 Å². The van der Waals surface area contributed by atoms with Crippen LogP contribution in [0.3, 0.4) is 0 Å². The fourth-order valence-corrected chi connectivity index (χ4v) is 8.14. The van der Waals surface area contributed by atoms with Gasteiger partial charge >= 0.3 is 0 Å². The van der Waals surface area contributed by atoms with Gasteiger partial charge in [0, 0.05) is 33.3 Å². The van der Waals surface area contributed by atoms with Gasteiger partial charge in [0.15, 0.2) is 17.5 Å². The quantitative estimate of drug-likeness (QED) is 0.179. The number of rotatable bonds is 5. The second-order valence-corrected chi connectivity index (χ2v) is 14.1. The lowest BCUT2D eigenvalue weighted by atomic mass is 9.87. The molecular formula is C51H32N4. The normalized spacial score (nSPS) is 12.0. The summed E-state index contributed by atoms with van der Waals surface area (Å²) in [5.74, 6) is 1.93. The van der Waals surface area contributed by atoms with Gasteiger partial charge in [0.2, 0.25) is 0 Å². The van der Waals surface area contributed by atoms with E-state index < -0.39 is 0 Å². The molecule has 0 amide bonds. The molecule has 4 nitrogen and oxygen atoms in total. The predicted molar refractivity (Wildman–Crippen MR) is 228 cm³/mol. The van der Waals surface area contributed by atoms with Gasteiger partial charge in [-0.3, -0.25) is 0 Å². The van der Waals surface area contributed by atoms with E-state index in [-0.39, 0.29) is 0 Å². The zero-order valence-electron chi connectivity index (χ0n) is 29.8. The highest BCUT2D eigenvalue weighted by atomic mass is 15.2. The third-order valence-corrected chi connectivity index (χ3v) is 10.8. The van der Waals surface area contributed by atoms with E-state index in [4.69, 9.17) is 15.0 Å². The van der Waals surface area contributed by atoms with E-state index in [1.165, 1.54) is 38.4 Å². The molecule has 4 heteroatoms. The van der Waals surface area contributed by atoms with Gasteiger partial charge < -0.3 is 4.90 Å². The van der Waals surface area contributed by atoms with Crippen LogP contribution in [0, 0.1) is 0 Å². The number of nitrogens with zero attached hydrogens (tertiary/aromatic N) is 4. The van der Waals surface area contributed by atoms with Crippen LogP contribution in [-0.4, -0.2) is 15.0 Å². The number of fused-ring (bicyclic) bond motifs is 4. The molecule has 1 aromatic heterocycles. The molecule has 11 rings (SSSR count). The summed E-state index contributed by atoms with van der Waals surface area (Å²) in [6.07, 6.45) is 0. The third kappa shape index (κ3) is 5.26. The van der Waals surface area contributed by atoms with Crippen molar-refractivity contribution < 1.29 is 0 Å². The van der Waals surface area contributed by atoms with E-state index in [0.29, 0.717) is 17.5 Å². The van der Waals surface area contributed by atoms with E-state index >= 15 is 0 Å². The van der Waals surface area contributed by atoms with Crippen LogP contribution in [0.4, 0.5) is 17.1 Å². The molecule has 0 atom stereocenters. The van der Waals surface area contributed by atoms with Crippen LogP contribution < -0.4 is 4.90 Å². The van der Waals surface area contributed by atoms with Crippen molar-refractivity contribution in [3.8, 4) is 56.4 Å². The van der Waals surface area contributed by atoms with E-state index in [1.807, 2.05) is 0 Å². The Hall–Kier alpha value is -7.43.